The Morgan fingerprint density at radius 3 is 2.38 bits per heavy atom. The summed E-state index contributed by atoms with van der Waals surface area (Å²) in [5.74, 6) is 0.160. The first-order chi connectivity index (χ1) is 6.93. The van der Waals surface area contributed by atoms with E-state index in [1.54, 1.807) is 0 Å². The quantitative estimate of drug-likeness (QED) is 0.503. The second-order valence-electron chi connectivity index (χ2n) is 4.20. The Hall–Kier alpha value is -1.05. The Labute approximate surface area is 100 Å². The monoisotopic (exact) mass is 226 g/mol. The number of allylic oxidation sites excluding steroid dienone is 2. The summed E-state index contributed by atoms with van der Waals surface area (Å²) in [4.78, 5) is 10.6. The molecule has 0 fully saturated rings. The van der Waals surface area contributed by atoms with Gasteiger partial charge in [-0.15, -0.1) is 0 Å². The fourth-order valence-electron chi connectivity index (χ4n) is 1.16. The van der Waals surface area contributed by atoms with E-state index in [1.807, 2.05) is 0 Å². The standard InChI is InChI=1S/C13H22O2.CH4/c1-10(2)7-6-8-11(3)12(4)9-15-13(5)14;/h7,11H,4,6,8-9H2,1-3,5H3;1H4. The number of esters is 1. The van der Waals surface area contributed by atoms with Crippen molar-refractivity contribution in [2.45, 2.75) is 48.0 Å². The van der Waals surface area contributed by atoms with Crippen LogP contribution in [0.3, 0.4) is 0 Å². The molecule has 0 aliphatic rings. The number of hydrogen-bond donors (Lipinski definition) is 0. The molecule has 0 aromatic rings. The molecule has 0 amide bonds. The molecular formula is C14H26O2. The molecule has 0 spiro atoms. The molecule has 0 bridgehead atoms. The van der Waals surface area contributed by atoms with Crippen molar-refractivity contribution < 1.29 is 9.53 Å². The summed E-state index contributed by atoms with van der Waals surface area (Å²) < 4.78 is 4.90. The molecule has 0 rings (SSSR count). The predicted octanol–water partition coefficient (Wildman–Crippen LogP) is 4.12. The van der Waals surface area contributed by atoms with E-state index in [1.165, 1.54) is 12.5 Å². The van der Waals surface area contributed by atoms with Gasteiger partial charge in [-0.05, 0) is 38.2 Å². The number of carbonyl (C=O) groups is 1. The van der Waals surface area contributed by atoms with Gasteiger partial charge in [-0.25, -0.2) is 0 Å². The molecular weight excluding hydrogens is 200 g/mol. The first-order valence-corrected chi connectivity index (χ1v) is 5.38. The van der Waals surface area contributed by atoms with Gasteiger partial charge in [0, 0.05) is 6.92 Å². The van der Waals surface area contributed by atoms with E-state index < -0.39 is 0 Å². The van der Waals surface area contributed by atoms with Crippen molar-refractivity contribution >= 4 is 5.97 Å². The van der Waals surface area contributed by atoms with E-state index >= 15 is 0 Å². The van der Waals surface area contributed by atoms with Crippen LogP contribution in [0.2, 0.25) is 0 Å². The lowest BCUT2D eigenvalue weighted by Crippen LogP contribution is -2.08. The zero-order chi connectivity index (χ0) is 11.8. The van der Waals surface area contributed by atoms with Gasteiger partial charge in [-0.2, -0.15) is 0 Å². The second kappa shape index (κ2) is 9.20. The zero-order valence-corrected chi connectivity index (χ0v) is 10.3. The summed E-state index contributed by atoms with van der Waals surface area (Å²) in [6.07, 6.45) is 4.34. The molecule has 1 atom stereocenters. The Morgan fingerprint density at radius 1 is 1.38 bits per heavy atom. The molecule has 2 nitrogen and oxygen atoms in total. The third-order valence-corrected chi connectivity index (χ3v) is 2.31. The minimum atomic E-state index is -0.243. The fraction of sp³-hybridized carbons (Fsp3) is 0.643. The highest BCUT2D eigenvalue weighted by molar-refractivity contribution is 5.66. The van der Waals surface area contributed by atoms with Crippen LogP contribution in [0, 0.1) is 5.92 Å². The molecule has 0 saturated heterocycles. The summed E-state index contributed by atoms with van der Waals surface area (Å²) in [6, 6.07) is 0. The molecule has 0 radical (unpaired) electrons. The smallest absolute Gasteiger partial charge is 0.302 e. The molecule has 0 heterocycles. The molecule has 16 heavy (non-hydrogen) atoms. The molecule has 0 N–H and O–H groups in total. The SMILES string of the molecule is C.C=C(COC(C)=O)C(C)CCC=C(C)C. The van der Waals surface area contributed by atoms with Crippen LogP contribution in [-0.4, -0.2) is 12.6 Å². The van der Waals surface area contributed by atoms with Crippen LogP contribution in [0.4, 0.5) is 0 Å². The maximum absolute atomic E-state index is 10.6. The number of carbonyl (C=O) groups excluding carboxylic acids is 1. The van der Waals surface area contributed by atoms with E-state index in [0.29, 0.717) is 12.5 Å². The van der Waals surface area contributed by atoms with Crippen LogP contribution in [0.1, 0.15) is 48.0 Å². The van der Waals surface area contributed by atoms with Gasteiger partial charge >= 0.3 is 5.97 Å². The van der Waals surface area contributed by atoms with Crippen molar-refractivity contribution in [3.8, 4) is 0 Å². The Morgan fingerprint density at radius 2 is 1.94 bits per heavy atom. The maximum atomic E-state index is 10.6. The number of hydrogen-bond acceptors (Lipinski definition) is 2. The zero-order valence-electron chi connectivity index (χ0n) is 10.3. The molecule has 1 unspecified atom stereocenters. The fourth-order valence-corrected chi connectivity index (χ4v) is 1.16. The highest BCUT2D eigenvalue weighted by atomic mass is 16.5. The highest BCUT2D eigenvalue weighted by Gasteiger charge is 2.07. The average molecular weight is 226 g/mol. The van der Waals surface area contributed by atoms with Crippen molar-refractivity contribution in [2.24, 2.45) is 5.92 Å². The first-order valence-electron chi connectivity index (χ1n) is 5.38. The number of rotatable bonds is 6. The highest BCUT2D eigenvalue weighted by Crippen LogP contribution is 2.16. The Kier molecular flexibility index (Phi) is 9.97. The normalized spacial score (nSPS) is 11.0. The molecule has 2 heteroatoms. The van der Waals surface area contributed by atoms with E-state index in [2.05, 4.69) is 33.4 Å². The maximum Gasteiger partial charge on any atom is 0.302 e. The Balaban J connectivity index is 0. The van der Waals surface area contributed by atoms with Gasteiger partial charge in [0.2, 0.25) is 0 Å². The third kappa shape index (κ3) is 9.50. The van der Waals surface area contributed by atoms with Crippen LogP contribution in [-0.2, 0) is 9.53 Å². The van der Waals surface area contributed by atoms with Crippen molar-refractivity contribution in [2.75, 3.05) is 6.61 Å². The van der Waals surface area contributed by atoms with Gasteiger partial charge in [0.15, 0.2) is 0 Å². The minimum absolute atomic E-state index is 0. The third-order valence-electron chi connectivity index (χ3n) is 2.31. The summed E-state index contributed by atoms with van der Waals surface area (Å²) in [6.45, 7) is 12.0. The predicted molar refractivity (Wildman–Crippen MR) is 70.3 cm³/mol. The second-order valence-corrected chi connectivity index (χ2v) is 4.20. The lowest BCUT2D eigenvalue weighted by Gasteiger charge is -2.13. The molecule has 0 saturated carbocycles. The lowest BCUT2D eigenvalue weighted by molar-refractivity contribution is -0.140. The molecule has 0 aromatic heterocycles. The molecule has 94 valence electrons. The Bertz CT molecular complexity index is 247. The van der Waals surface area contributed by atoms with Gasteiger partial charge in [0.1, 0.15) is 6.61 Å². The van der Waals surface area contributed by atoms with Crippen LogP contribution in [0.15, 0.2) is 23.8 Å². The van der Waals surface area contributed by atoms with Gasteiger partial charge in [-0.1, -0.05) is 32.6 Å². The van der Waals surface area contributed by atoms with Gasteiger partial charge in [0.25, 0.3) is 0 Å². The van der Waals surface area contributed by atoms with Crippen LogP contribution in [0.25, 0.3) is 0 Å². The van der Waals surface area contributed by atoms with E-state index in [9.17, 15) is 4.79 Å². The van der Waals surface area contributed by atoms with Gasteiger partial charge in [-0.3, -0.25) is 4.79 Å². The first kappa shape index (κ1) is 17.3. The van der Waals surface area contributed by atoms with Crippen LogP contribution >= 0.6 is 0 Å². The van der Waals surface area contributed by atoms with E-state index in [4.69, 9.17) is 4.74 Å². The van der Waals surface area contributed by atoms with Crippen molar-refractivity contribution in [1.82, 2.24) is 0 Å². The summed E-state index contributed by atoms with van der Waals surface area (Å²) >= 11 is 0. The lowest BCUT2D eigenvalue weighted by atomic mass is 9.97. The van der Waals surface area contributed by atoms with Gasteiger partial charge in [0.05, 0.1) is 0 Å². The van der Waals surface area contributed by atoms with Crippen LogP contribution < -0.4 is 0 Å². The van der Waals surface area contributed by atoms with Crippen molar-refractivity contribution in [1.29, 1.82) is 0 Å². The summed E-state index contributed by atoms with van der Waals surface area (Å²) in [5, 5.41) is 0. The van der Waals surface area contributed by atoms with Crippen LogP contribution in [0.5, 0.6) is 0 Å². The van der Waals surface area contributed by atoms with Gasteiger partial charge < -0.3 is 4.74 Å². The van der Waals surface area contributed by atoms with Crippen molar-refractivity contribution in [3.63, 3.8) is 0 Å². The van der Waals surface area contributed by atoms with E-state index in [0.717, 1.165) is 18.4 Å². The molecule has 0 aliphatic carbocycles. The molecule has 0 aliphatic heterocycles. The van der Waals surface area contributed by atoms with Crippen molar-refractivity contribution in [3.05, 3.63) is 23.8 Å². The summed E-state index contributed by atoms with van der Waals surface area (Å²) in [7, 11) is 0. The van der Waals surface area contributed by atoms with E-state index in [-0.39, 0.29) is 13.4 Å². The largest absolute Gasteiger partial charge is 0.461 e. The average Bonchev–Trinajstić information content (AvgIpc) is 2.13. The number of ether oxygens (including phenoxy) is 1. The topological polar surface area (TPSA) is 26.3 Å². The minimum Gasteiger partial charge on any atom is -0.461 e. The molecule has 0 aromatic carbocycles. The summed E-state index contributed by atoms with van der Waals surface area (Å²) in [5.41, 5.74) is 2.33.